The fraction of sp³-hybridized carbons (Fsp3) is 0.211. The Morgan fingerprint density at radius 3 is 2.47 bits per heavy atom. The molecule has 0 aliphatic carbocycles. The highest BCUT2D eigenvalue weighted by Gasteiger charge is 2.27. The lowest BCUT2D eigenvalue weighted by Crippen LogP contribution is -2.51. The smallest absolute Gasteiger partial charge is 0.338 e. The van der Waals surface area contributed by atoms with Crippen molar-refractivity contribution in [2.24, 2.45) is 0 Å². The Hall–Kier alpha value is -3.34. The largest absolute Gasteiger partial charge is 0.485 e. The van der Waals surface area contributed by atoms with Crippen LogP contribution in [0, 0.1) is 0 Å². The Kier molecular flexibility index (Phi) is 7.07. The molecule has 8 nitrogen and oxygen atoms in total. The van der Waals surface area contributed by atoms with E-state index >= 15 is 0 Å². The van der Waals surface area contributed by atoms with Gasteiger partial charge >= 0.3 is 5.97 Å². The normalized spacial score (nSPS) is 14.7. The van der Waals surface area contributed by atoms with Crippen LogP contribution in [0.25, 0.3) is 0 Å². The molecule has 0 fully saturated rings. The van der Waals surface area contributed by atoms with Gasteiger partial charge in [0, 0.05) is 4.90 Å². The number of carbonyl (C=O) groups is 3. The summed E-state index contributed by atoms with van der Waals surface area (Å²) in [6.45, 7) is -0.689. The molecule has 30 heavy (non-hydrogen) atoms. The molecule has 158 valence electrons. The summed E-state index contributed by atoms with van der Waals surface area (Å²) in [6.07, 6.45) is -0.965. The Labute approximate surface area is 173 Å². The molecule has 0 spiro atoms. The summed E-state index contributed by atoms with van der Waals surface area (Å²) < 4.78 is 40.3. The molecule has 1 heterocycles. The lowest BCUT2D eigenvalue weighted by atomic mass is 10.2. The van der Waals surface area contributed by atoms with E-state index in [2.05, 4.69) is 10.9 Å². The fourth-order valence-corrected chi connectivity index (χ4v) is 2.88. The number of thioether (sulfide) groups is 1. The van der Waals surface area contributed by atoms with E-state index in [0.29, 0.717) is 28.2 Å². The third kappa shape index (κ3) is 5.83. The van der Waals surface area contributed by atoms with Crippen LogP contribution < -0.4 is 20.3 Å². The molecule has 2 aromatic carbocycles. The van der Waals surface area contributed by atoms with E-state index in [9.17, 15) is 23.2 Å². The number of amides is 2. The SMILES string of the molecule is O=C(COC(=O)c1ccc(SC(F)F)cc1)NNC(=O)C1COc2ccccc2O1. The molecule has 0 saturated heterocycles. The first-order valence-electron chi connectivity index (χ1n) is 8.61. The van der Waals surface area contributed by atoms with Gasteiger partial charge in [-0.3, -0.25) is 20.4 Å². The van der Waals surface area contributed by atoms with E-state index in [1.165, 1.54) is 24.3 Å². The maximum atomic E-state index is 12.3. The minimum Gasteiger partial charge on any atom is -0.485 e. The molecule has 0 aromatic heterocycles. The summed E-state index contributed by atoms with van der Waals surface area (Å²) in [4.78, 5) is 36.1. The zero-order valence-electron chi connectivity index (χ0n) is 15.3. The number of hydrazine groups is 1. The van der Waals surface area contributed by atoms with Crippen molar-refractivity contribution in [2.75, 3.05) is 13.2 Å². The summed E-state index contributed by atoms with van der Waals surface area (Å²) in [7, 11) is 0. The molecular weight excluding hydrogens is 422 g/mol. The van der Waals surface area contributed by atoms with Crippen molar-refractivity contribution in [3.05, 3.63) is 54.1 Å². The zero-order valence-corrected chi connectivity index (χ0v) is 16.1. The van der Waals surface area contributed by atoms with E-state index < -0.39 is 36.3 Å². The van der Waals surface area contributed by atoms with Gasteiger partial charge in [-0.1, -0.05) is 23.9 Å². The van der Waals surface area contributed by atoms with E-state index in [0.717, 1.165) is 0 Å². The van der Waals surface area contributed by atoms with Gasteiger partial charge in [0.2, 0.25) is 6.10 Å². The van der Waals surface area contributed by atoms with Crippen molar-refractivity contribution in [3.63, 3.8) is 0 Å². The summed E-state index contributed by atoms with van der Waals surface area (Å²) >= 11 is 0.345. The lowest BCUT2D eigenvalue weighted by Gasteiger charge is -2.25. The Morgan fingerprint density at radius 1 is 1.07 bits per heavy atom. The third-order valence-corrected chi connectivity index (χ3v) is 4.50. The van der Waals surface area contributed by atoms with Crippen LogP contribution in [0.1, 0.15) is 10.4 Å². The second-order valence-electron chi connectivity index (χ2n) is 5.88. The van der Waals surface area contributed by atoms with Crippen molar-refractivity contribution in [3.8, 4) is 11.5 Å². The second kappa shape index (κ2) is 9.92. The van der Waals surface area contributed by atoms with E-state index in [1.807, 2.05) is 0 Å². The molecular formula is C19H16F2N2O6S. The molecule has 1 atom stereocenters. The number of fused-ring (bicyclic) bond motifs is 1. The molecule has 3 rings (SSSR count). The van der Waals surface area contributed by atoms with E-state index in [4.69, 9.17) is 14.2 Å². The summed E-state index contributed by atoms with van der Waals surface area (Å²) in [6, 6.07) is 12.1. The summed E-state index contributed by atoms with van der Waals surface area (Å²) in [5.41, 5.74) is 4.36. The minimum atomic E-state index is -2.57. The molecule has 0 saturated carbocycles. The van der Waals surface area contributed by atoms with Gasteiger partial charge in [0.25, 0.3) is 17.6 Å². The highest BCUT2D eigenvalue weighted by molar-refractivity contribution is 7.99. The third-order valence-electron chi connectivity index (χ3n) is 3.78. The number of para-hydroxylation sites is 2. The number of halogens is 2. The van der Waals surface area contributed by atoms with Crippen LogP contribution in [0.15, 0.2) is 53.4 Å². The number of benzene rings is 2. The van der Waals surface area contributed by atoms with Crippen molar-refractivity contribution >= 4 is 29.5 Å². The van der Waals surface area contributed by atoms with Crippen LogP contribution in [-0.4, -0.2) is 42.9 Å². The standard InChI is InChI=1S/C19H16F2N2O6S/c20-19(21)30-12-7-5-11(6-8-12)18(26)28-10-16(24)22-23-17(25)15-9-27-13-3-1-2-4-14(13)29-15/h1-8,15,19H,9-10H2,(H,22,24)(H,23,25). The number of hydrogen-bond acceptors (Lipinski definition) is 7. The number of rotatable bonds is 6. The van der Waals surface area contributed by atoms with Gasteiger partial charge in [0.15, 0.2) is 18.1 Å². The van der Waals surface area contributed by atoms with Gasteiger partial charge < -0.3 is 14.2 Å². The first kappa shape index (κ1) is 21.4. The van der Waals surface area contributed by atoms with Gasteiger partial charge in [-0.05, 0) is 36.4 Å². The van der Waals surface area contributed by atoms with Crippen LogP contribution in [0.3, 0.4) is 0 Å². The second-order valence-corrected chi connectivity index (χ2v) is 6.94. The maximum absolute atomic E-state index is 12.3. The first-order chi connectivity index (χ1) is 14.4. The van der Waals surface area contributed by atoms with Crippen LogP contribution in [0.2, 0.25) is 0 Å². The summed E-state index contributed by atoms with van der Waals surface area (Å²) in [5.74, 6) is -3.89. The molecule has 2 amide bonds. The average Bonchev–Trinajstić information content (AvgIpc) is 2.75. The zero-order chi connectivity index (χ0) is 21.5. The summed E-state index contributed by atoms with van der Waals surface area (Å²) in [5, 5.41) is 0. The van der Waals surface area contributed by atoms with E-state index in [1.54, 1.807) is 24.3 Å². The molecule has 11 heteroatoms. The number of carbonyl (C=O) groups excluding carboxylic acids is 3. The predicted molar refractivity (Wildman–Crippen MR) is 101 cm³/mol. The predicted octanol–water partition coefficient (Wildman–Crippen LogP) is 2.15. The van der Waals surface area contributed by atoms with Gasteiger partial charge in [-0.2, -0.15) is 8.78 Å². The van der Waals surface area contributed by atoms with Gasteiger partial charge in [-0.15, -0.1) is 0 Å². The molecule has 2 N–H and O–H groups in total. The lowest BCUT2D eigenvalue weighted by molar-refractivity contribution is -0.135. The average molecular weight is 438 g/mol. The Bertz CT molecular complexity index is 925. The number of hydrogen-bond donors (Lipinski definition) is 2. The number of ether oxygens (including phenoxy) is 3. The van der Waals surface area contributed by atoms with Gasteiger partial charge in [0.1, 0.15) is 6.61 Å². The van der Waals surface area contributed by atoms with Crippen molar-refractivity contribution in [2.45, 2.75) is 16.8 Å². The van der Waals surface area contributed by atoms with Crippen LogP contribution in [0.5, 0.6) is 11.5 Å². The molecule has 0 bridgehead atoms. The Morgan fingerprint density at radius 2 is 1.77 bits per heavy atom. The van der Waals surface area contributed by atoms with E-state index in [-0.39, 0.29) is 12.2 Å². The highest BCUT2D eigenvalue weighted by Crippen LogP contribution is 2.30. The Balaban J connectivity index is 1.40. The quantitative estimate of drug-likeness (QED) is 0.405. The van der Waals surface area contributed by atoms with Crippen LogP contribution >= 0.6 is 11.8 Å². The highest BCUT2D eigenvalue weighted by atomic mass is 32.2. The molecule has 1 unspecified atom stereocenters. The number of nitrogens with one attached hydrogen (secondary N) is 2. The molecule has 2 aromatic rings. The van der Waals surface area contributed by atoms with Crippen LogP contribution in [-0.2, 0) is 14.3 Å². The maximum Gasteiger partial charge on any atom is 0.338 e. The minimum absolute atomic E-state index is 0.0342. The molecule has 0 radical (unpaired) electrons. The monoisotopic (exact) mass is 438 g/mol. The van der Waals surface area contributed by atoms with Crippen LogP contribution in [0.4, 0.5) is 8.78 Å². The number of alkyl halides is 2. The van der Waals surface area contributed by atoms with Gasteiger partial charge in [-0.25, -0.2) is 4.79 Å². The number of esters is 1. The van der Waals surface area contributed by atoms with Crippen molar-refractivity contribution < 1.29 is 37.4 Å². The molecule has 1 aliphatic rings. The van der Waals surface area contributed by atoms with Crippen molar-refractivity contribution in [1.29, 1.82) is 0 Å². The molecule has 1 aliphatic heterocycles. The fourth-order valence-electron chi connectivity index (χ4n) is 2.38. The van der Waals surface area contributed by atoms with Crippen molar-refractivity contribution in [1.82, 2.24) is 10.9 Å². The van der Waals surface area contributed by atoms with Gasteiger partial charge in [0.05, 0.1) is 5.56 Å². The first-order valence-corrected chi connectivity index (χ1v) is 9.49. The topological polar surface area (TPSA) is 103 Å².